The van der Waals surface area contributed by atoms with Gasteiger partial charge in [-0.25, -0.2) is 23.5 Å². The van der Waals surface area contributed by atoms with Crippen LogP contribution < -0.4 is 10.0 Å². The minimum absolute atomic E-state index is 0.0588. The van der Waals surface area contributed by atoms with Crippen LogP contribution in [-0.2, 0) is 14.8 Å². The topological polar surface area (TPSA) is 98.4 Å². The summed E-state index contributed by atoms with van der Waals surface area (Å²) in [6.45, 7) is 1.82. The Morgan fingerprint density at radius 2 is 1.86 bits per heavy atom. The Hall–Kier alpha value is -2.03. The van der Waals surface area contributed by atoms with Gasteiger partial charge in [0, 0.05) is 6.54 Å². The first-order valence-electron chi connectivity index (χ1n) is 6.80. The van der Waals surface area contributed by atoms with Crippen molar-refractivity contribution in [2.45, 2.75) is 11.0 Å². The normalized spacial score (nSPS) is 19.1. The fourth-order valence-electron chi connectivity index (χ4n) is 2.32. The average molecular weight is 320 g/mol. The molecular formula is C14H16N4O3S. The van der Waals surface area contributed by atoms with Gasteiger partial charge in [-0.15, -0.1) is 0 Å². The van der Waals surface area contributed by atoms with Gasteiger partial charge >= 0.3 is 0 Å². The van der Waals surface area contributed by atoms with Crippen molar-refractivity contribution in [3.63, 3.8) is 0 Å². The molecule has 0 saturated carbocycles. The Balaban J connectivity index is 1.77. The van der Waals surface area contributed by atoms with E-state index in [-0.39, 0.29) is 11.0 Å². The Kier molecular flexibility index (Phi) is 4.06. The van der Waals surface area contributed by atoms with E-state index in [9.17, 15) is 8.42 Å². The first-order valence-corrected chi connectivity index (χ1v) is 8.35. The Labute approximate surface area is 128 Å². The van der Waals surface area contributed by atoms with E-state index < -0.39 is 10.0 Å². The zero-order chi connectivity index (χ0) is 15.6. The maximum absolute atomic E-state index is 11.2. The molecule has 0 radical (unpaired) electrons. The third-order valence-electron chi connectivity index (χ3n) is 3.46. The Morgan fingerprint density at radius 1 is 1.18 bits per heavy atom. The number of benzene rings is 1. The maximum atomic E-state index is 11.2. The molecule has 1 fully saturated rings. The van der Waals surface area contributed by atoms with Crippen LogP contribution in [0.5, 0.6) is 0 Å². The first kappa shape index (κ1) is 14.9. The van der Waals surface area contributed by atoms with E-state index in [4.69, 9.17) is 9.88 Å². The first-order chi connectivity index (χ1) is 10.5. The number of rotatable bonds is 3. The van der Waals surface area contributed by atoms with Crippen LogP contribution >= 0.6 is 0 Å². The van der Waals surface area contributed by atoms with Gasteiger partial charge < -0.3 is 9.64 Å². The molecule has 1 aromatic heterocycles. The van der Waals surface area contributed by atoms with Crippen molar-refractivity contribution < 1.29 is 13.2 Å². The highest BCUT2D eigenvalue weighted by Crippen LogP contribution is 2.24. The van der Waals surface area contributed by atoms with Gasteiger partial charge in [0.25, 0.3) is 0 Å². The smallest absolute Gasteiger partial charge is 0.241 e. The molecule has 7 nitrogen and oxygen atoms in total. The van der Waals surface area contributed by atoms with Crippen LogP contribution in [0, 0.1) is 0 Å². The van der Waals surface area contributed by atoms with E-state index in [1.807, 2.05) is 35.2 Å². The van der Waals surface area contributed by atoms with E-state index >= 15 is 0 Å². The molecule has 0 unspecified atom stereocenters. The number of sulfonamides is 1. The lowest BCUT2D eigenvalue weighted by molar-refractivity contribution is 0.0392. The van der Waals surface area contributed by atoms with Crippen molar-refractivity contribution in [1.29, 1.82) is 0 Å². The van der Waals surface area contributed by atoms with Gasteiger partial charge in [0.05, 0.1) is 25.5 Å². The van der Waals surface area contributed by atoms with Gasteiger partial charge in [0.15, 0.2) is 0 Å². The second-order valence-corrected chi connectivity index (χ2v) is 6.54. The third kappa shape index (κ3) is 3.24. The highest BCUT2D eigenvalue weighted by atomic mass is 32.2. The minimum Gasteiger partial charge on any atom is -0.370 e. The second kappa shape index (κ2) is 5.99. The molecule has 1 atom stereocenters. The molecular weight excluding hydrogens is 304 g/mol. The van der Waals surface area contributed by atoms with Crippen LogP contribution in [0.4, 0.5) is 5.95 Å². The zero-order valence-corrected chi connectivity index (χ0v) is 12.6. The lowest BCUT2D eigenvalue weighted by atomic mass is 10.1. The molecule has 0 amide bonds. The van der Waals surface area contributed by atoms with Crippen LogP contribution in [0.25, 0.3) is 0 Å². The summed E-state index contributed by atoms with van der Waals surface area (Å²) in [6, 6.07) is 9.92. The number of hydrogen-bond donors (Lipinski definition) is 1. The summed E-state index contributed by atoms with van der Waals surface area (Å²) in [5, 5.41) is 5.04. The molecule has 2 heterocycles. The Bertz CT molecular complexity index is 734. The summed E-state index contributed by atoms with van der Waals surface area (Å²) in [6.07, 6.45) is 2.39. The molecule has 116 valence electrons. The van der Waals surface area contributed by atoms with Gasteiger partial charge in [-0.05, 0) is 5.56 Å². The summed E-state index contributed by atoms with van der Waals surface area (Å²) in [5.74, 6) is 0.469. The lowest BCUT2D eigenvalue weighted by Crippen LogP contribution is -2.39. The molecule has 2 N–H and O–H groups in total. The molecule has 1 aliphatic rings. The fourth-order valence-corrected chi connectivity index (χ4v) is 2.72. The molecule has 0 aliphatic carbocycles. The van der Waals surface area contributed by atoms with Gasteiger partial charge in [0.2, 0.25) is 16.0 Å². The van der Waals surface area contributed by atoms with Gasteiger partial charge in [-0.1, -0.05) is 30.3 Å². The predicted octanol–water partition coefficient (Wildman–Crippen LogP) is 0.702. The fraction of sp³-hybridized carbons (Fsp3) is 0.286. The third-order valence-corrected chi connectivity index (χ3v) is 4.33. The van der Waals surface area contributed by atoms with Crippen LogP contribution in [0.2, 0.25) is 0 Å². The lowest BCUT2D eigenvalue weighted by Gasteiger charge is -2.33. The van der Waals surface area contributed by atoms with Crippen LogP contribution in [0.1, 0.15) is 11.7 Å². The molecule has 1 aliphatic heterocycles. The number of morpholine rings is 1. The molecule has 2 aromatic rings. The number of primary sulfonamides is 1. The van der Waals surface area contributed by atoms with Crippen molar-refractivity contribution in [1.82, 2.24) is 9.97 Å². The van der Waals surface area contributed by atoms with Crippen LogP contribution in [0.3, 0.4) is 0 Å². The summed E-state index contributed by atoms with van der Waals surface area (Å²) in [5.41, 5.74) is 1.09. The van der Waals surface area contributed by atoms with Gasteiger partial charge in [0.1, 0.15) is 11.0 Å². The average Bonchev–Trinajstić information content (AvgIpc) is 2.55. The summed E-state index contributed by atoms with van der Waals surface area (Å²) >= 11 is 0. The van der Waals surface area contributed by atoms with E-state index in [1.165, 1.54) is 12.4 Å². The molecule has 8 heteroatoms. The predicted molar refractivity (Wildman–Crippen MR) is 80.8 cm³/mol. The van der Waals surface area contributed by atoms with E-state index in [2.05, 4.69) is 9.97 Å². The van der Waals surface area contributed by atoms with Crippen molar-refractivity contribution >= 4 is 16.0 Å². The number of anilines is 1. The van der Waals surface area contributed by atoms with Crippen molar-refractivity contribution in [3.05, 3.63) is 48.3 Å². The van der Waals surface area contributed by atoms with Gasteiger partial charge in [-0.3, -0.25) is 0 Å². The Morgan fingerprint density at radius 3 is 2.50 bits per heavy atom. The van der Waals surface area contributed by atoms with E-state index in [1.54, 1.807) is 0 Å². The SMILES string of the molecule is NS(=O)(=O)c1cnc(N2CCO[C@@H](c3ccccc3)C2)nc1. The molecule has 1 aromatic carbocycles. The molecule has 1 saturated heterocycles. The zero-order valence-electron chi connectivity index (χ0n) is 11.8. The quantitative estimate of drug-likeness (QED) is 0.894. The number of ether oxygens (including phenoxy) is 1. The molecule has 22 heavy (non-hydrogen) atoms. The number of nitrogens with two attached hydrogens (primary N) is 1. The molecule has 0 bridgehead atoms. The second-order valence-electron chi connectivity index (χ2n) is 4.98. The van der Waals surface area contributed by atoms with Crippen LogP contribution in [0.15, 0.2) is 47.6 Å². The van der Waals surface area contributed by atoms with Crippen molar-refractivity contribution in [3.8, 4) is 0 Å². The standard InChI is InChI=1S/C14H16N4O3S/c15-22(19,20)12-8-16-14(17-9-12)18-6-7-21-13(10-18)11-4-2-1-3-5-11/h1-5,8-9,13H,6-7,10H2,(H2,15,19,20)/t13-/m1/s1. The summed E-state index contributed by atoms with van der Waals surface area (Å²) in [7, 11) is -3.77. The van der Waals surface area contributed by atoms with Crippen molar-refractivity contribution in [2.75, 3.05) is 24.6 Å². The van der Waals surface area contributed by atoms with Crippen LogP contribution in [-0.4, -0.2) is 38.1 Å². The van der Waals surface area contributed by atoms with E-state index in [0.29, 0.717) is 25.6 Å². The minimum atomic E-state index is -3.77. The molecule has 0 spiro atoms. The number of nitrogens with zero attached hydrogens (tertiary/aromatic N) is 3. The van der Waals surface area contributed by atoms with Crippen molar-refractivity contribution in [2.24, 2.45) is 5.14 Å². The highest BCUT2D eigenvalue weighted by molar-refractivity contribution is 7.89. The summed E-state index contributed by atoms with van der Waals surface area (Å²) in [4.78, 5) is 10.1. The number of aromatic nitrogens is 2. The largest absolute Gasteiger partial charge is 0.370 e. The maximum Gasteiger partial charge on any atom is 0.241 e. The monoisotopic (exact) mass is 320 g/mol. The number of hydrogen-bond acceptors (Lipinski definition) is 6. The van der Waals surface area contributed by atoms with Gasteiger partial charge in [-0.2, -0.15) is 0 Å². The highest BCUT2D eigenvalue weighted by Gasteiger charge is 2.23. The van der Waals surface area contributed by atoms with E-state index in [0.717, 1.165) is 5.56 Å². The summed E-state index contributed by atoms with van der Waals surface area (Å²) < 4.78 is 28.2. The molecule has 3 rings (SSSR count).